The van der Waals surface area contributed by atoms with E-state index in [1.54, 1.807) is 6.92 Å². The Kier molecular flexibility index (Phi) is 5.22. The van der Waals surface area contributed by atoms with E-state index in [1.165, 1.54) is 0 Å². The molecule has 0 unspecified atom stereocenters. The van der Waals surface area contributed by atoms with Gasteiger partial charge in [0.25, 0.3) is 0 Å². The largest absolute Gasteiger partial charge is 0.390 e. The zero-order chi connectivity index (χ0) is 18.3. The number of β-amino-alcohol motifs (C(OH)–C–C–N with tert-alkyl or cyclic N) is 1. The molecule has 4 atom stereocenters. The van der Waals surface area contributed by atoms with Crippen LogP contribution in [0.2, 0.25) is 0 Å². The topological polar surface area (TPSA) is 72.8 Å². The first kappa shape index (κ1) is 19.1. The van der Waals surface area contributed by atoms with Crippen molar-refractivity contribution in [1.29, 1.82) is 0 Å². The van der Waals surface area contributed by atoms with Crippen LogP contribution in [0.3, 0.4) is 0 Å². The van der Waals surface area contributed by atoms with E-state index in [2.05, 4.69) is 17.1 Å². The predicted molar refractivity (Wildman–Crippen MR) is 98.2 cm³/mol. The Balaban J connectivity index is 1.87. The Labute approximate surface area is 152 Å². The Morgan fingerprint density at radius 2 is 1.76 bits per heavy atom. The molecule has 0 aromatic heterocycles. The van der Waals surface area contributed by atoms with Crippen molar-refractivity contribution in [3.05, 3.63) is 0 Å². The van der Waals surface area contributed by atoms with Gasteiger partial charge in [-0.2, -0.15) is 0 Å². The van der Waals surface area contributed by atoms with Gasteiger partial charge >= 0.3 is 0 Å². The van der Waals surface area contributed by atoms with E-state index in [9.17, 15) is 15.0 Å². The van der Waals surface area contributed by atoms with E-state index in [1.807, 2.05) is 6.92 Å². The number of hydrogen-bond acceptors (Lipinski definition) is 4. The fraction of sp³-hybridized carbons (Fsp3) is 0.950. The summed E-state index contributed by atoms with van der Waals surface area (Å²) in [5.41, 5.74) is -1.49. The molecule has 1 amide bonds. The average Bonchev–Trinajstić information content (AvgIpc) is 3.02. The third-order valence-electron chi connectivity index (χ3n) is 7.48. The molecule has 5 heteroatoms. The van der Waals surface area contributed by atoms with E-state index in [0.29, 0.717) is 13.1 Å². The first-order chi connectivity index (χ1) is 11.7. The molecular weight excluding hydrogens is 316 g/mol. The lowest BCUT2D eigenvalue weighted by atomic mass is 9.67. The molecule has 0 aromatic rings. The Morgan fingerprint density at radius 1 is 1.12 bits per heavy atom. The first-order valence-electron chi connectivity index (χ1n) is 10.1. The zero-order valence-corrected chi connectivity index (χ0v) is 16.2. The number of nitrogens with zero attached hydrogens (tertiary/aromatic N) is 1. The van der Waals surface area contributed by atoms with Crippen LogP contribution in [0, 0.1) is 5.41 Å². The minimum Gasteiger partial charge on any atom is -0.390 e. The van der Waals surface area contributed by atoms with Crippen LogP contribution in [-0.2, 0) is 4.79 Å². The molecule has 25 heavy (non-hydrogen) atoms. The summed E-state index contributed by atoms with van der Waals surface area (Å²) in [6.45, 7) is 7.05. The smallest absolute Gasteiger partial charge is 0.216 e. The number of likely N-dealkylation sites (tertiary alicyclic amines) is 1. The predicted octanol–water partition coefficient (Wildman–Crippen LogP) is 2.20. The normalized spacial score (nSPS) is 41.3. The highest BCUT2D eigenvalue weighted by atomic mass is 16.3. The summed E-state index contributed by atoms with van der Waals surface area (Å²) in [4.78, 5) is 13.9. The zero-order valence-electron chi connectivity index (χ0n) is 16.2. The van der Waals surface area contributed by atoms with Crippen molar-refractivity contribution in [2.75, 3.05) is 13.1 Å². The van der Waals surface area contributed by atoms with Crippen molar-refractivity contribution in [2.24, 2.45) is 5.41 Å². The van der Waals surface area contributed by atoms with Gasteiger partial charge < -0.3 is 15.5 Å². The molecule has 0 aromatic carbocycles. The summed E-state index contributed by atoms with van der Waals surface area (Å²) in [6.07, 6.45) is 8.91. The van der Waals surface area contributed by atoms with Crippen LogP contribution in [0.5, 0.6) is 0 Å². The van der Waals surface area contributed by atoms with Crippen molar-refractivity contribution in [1.82, 2.24) is 10.2 Å². The van der Waals surface area contributed by atoms with Gasteiger partial charge in [0.05, 0.1) is 11.2 Å². The standard InChI is InChI=1S/C20H36N2O3/c1-15(23)21-13-16-12-18(2)17(8-4-5-9-19(18,3)24)22(16)14-20(25)10-6-7-11-20/h16-17,24-25H,4-14H2,1-3H3,(H,21,23)/t16-,17-,18-,19+/m1/s1. The second-order valence-corrected chi connectivity index (χ2v) is 9.35. The van der Waals surface area contributed by atoms with Gasteiger partial charge in [0.1, 0.15) is 0 Å². The second kappa shape index (κ2) is 6.82. The molecule has 0 bridgehead atoms. The van der Waals surface area contributed by atoms with Gasteiger partial charge in [-0.25, -0.2) is 0 Å². The Hall–Kier alpha value is -0.650. The van der Waals surface area contributed by atoms with Gasteiger partial charge in [0.2, 0.25) is 5.91 Å². The van der Waals surface area contributed by atoms with E-state index >= 15 is 0 Å². The van der Waals surface area contributed by atoms with E-state index < -0.39 is 11.2 Å². The van der Waals surface area contributed by atoms with E-state index in [4.69, 9.17) is 0 Å². The Bertz CT molecular complexity index is 501. The van der Waals surface area contributed by atoms with Gasteiger partial charge in [-0.15, -0.1) is 0 Å². The molecule has 3 aliphatic rings. The van der Waals surface area contributed by atoms with Crippen molar-refractivity contribution in [3.8, 4) is 0 Å². The van der Waals surface area contributed by atoms with Crippen molar-refractivity contribution in [2.45, 2.75) is 102 Å². The molecular formula is C20H36N2O3. The molecule has 1 heterocycles. The molecule has 5 nitrogen and oxygen atoms in total. The lowest BCUT2D eigenvalue weighted by Gasteiger charge is -2.45. The maximum absolute atomic E-state index is 11.5. The summed E-state index contributed by atoms with van der Waals surface area (Å²) in [7, 11) is 0. The van der Waals surface area contributed by atoms with Crippen LogP contribution in [0.15, 0.2) is 0 Å². The van der Waals surface area contributed by atoms with E-state index in [-0.39, 0.29) is 23.4 Å². The third-order valence-corrected chi connectivity index (χ3v) is 7.48. The highest BCUT2D eigenvalue weighted by molar-refractivity contribution is 5.72. The average molecular weight is 353 g/mol. The SMILES string of the molecule is CC(=O)NC[C@H]1C[C@]2(C)[C@@H](CCCC[C@]2(C)O)N1CC1(O)CCCC1. The summed E-state index contributed by atoms with van der Waals surface area (Å²) in [6, 6.07) is 0.460. The van der Waals surface area contributed by atoms with Crippen molar-refractivity contribution >= 4 is 5.91 Å². The summed E-state index contributed by atoms with van der Waals surface area (Å²) >= 11 is 0. The third kappa shape index (κ3) is 3.60. The molecule has 1 aliphatic heterocycles. The Morgan fingerprint density at radius 3 is 2.40 bits per heavy atom. The van der Waals surface area contributed by atoms with Crippen LogP contribution < -0.4 is 5.32 Å². The van der Waals surface area contributed by atoms with Gasteiger partial charge in [-0.3, -0.25) is 9.69 Å². The summed E-state index contributed by atoms with van der Waals surface area (Å²) < 4.78 is 0. The number of hydrogen-bond donors (Lipinski definition) is 3. The van der Waals surface area contributed by atoms with Crippen LogP contribution in [-0.4, -0.2) is 57.4 Å². The fourth-order valence-electron chi connectivity index (χ4n) is 5.74. The number of fused-ring (bicyclic) bond motifs is 1. The van der Waals surface area contributed by atoms with Crippen molar-refractivity contribution < 1.29 is 15.0 Å². The summed E-state index contributed by atoms with van der Waals surface area (Å²) in [5.74, 6) is -0.0106. The summed E-state index contributed by atoms with van der Waals surface area (Å²) in [5, 5.41) is 25.3. The lowest BCUT2D eigenvalue weighted by molar-refractivity contribution is -0.119. The first-order valence-corrected chi connectivity index (χ1v) is 10.1. The van der Waals surface area contributed by atoms with Gasteiger partial charge in [-0.1, -0.05) is 32.6 Å². The molecule has 3 N–H and O–H groups in total. The molecule has 144 valence electrons. The highest BCUT2D eigenvalue weighted by Gasteiger charge is 2.58. The van der Waals surface area contributed by atoms with Crippen LogP contribution in [0.4, 0.5) is 0 Å². The maximum atomic E-state index is 11.5. The van der Waals surface area contributed by atoms with Crippen LogP contribution in [0.25, 0.3) is 0 Å². The lowest BCUT2D eigenvalue weighted by Crippen LogP contribution is -2.54. The maximum Gasteiger partial charge on any atom is 0.216 e. The monoisotopic (exact) mass is 352 g/mol. The van der Waals surface area contributed by atoms with Gasteiger partial charge in [0.15, 0.2) is 0 Å². The number of aliphatic hydroxyl groups is 2. The quantitative estimate of drug-likeness (QED) is 0.725. The van der Waals surface area contributed by atoms with E-state index in [0.717, 1.165) is 57.8 Å². The van der Waals surface area contributed by atoms with Crippen LogP contribution >= 0.6 is 0 Å². The number of carbonyl (C=O) groups excluding carboxylic acids is 1. The molecule has 2 aliphatic carbocycles. The molecule has 2 saturated carbocycles. The molecule has 1 saturated heterocycles. The number of nitrogens with one attached hydrogen (secondary N) is 1. The minimum atomic E-state index is -0.699. The van der Waals surface area contributed by atoms with Crippen molar-refractivity contribution in [3.63, 3.8) is 0 Å². The molecule has 3 fully saturated rings. The number of amides is 1. The highest BCUT2D eigenvalue weighted by Crippen LogP contribution is 2.53. The molecule has 0 spiro atoms. The molecule has 0 radical (unpaired) electrons. The second-order valence-electron chi connectivity index (χ2n) is 9.35. The van der Waals surface area contributed by atoms with Gasteiger partial charge in [0, 0.05) is 37.5 Å². The molecule has 3 rings (SSSR count). The number of rotatable bonds is 4. The van der Waals surface area contributed by atoms with Crippen LogP contribution in [0.1, 0.15) is 78.6 Å². The fourth-order valence-corrected chi connectivity index (χ4v) is 5.74. The number of carbonyl (C=O) groups is 1. The minimum absolute atomic E-state index is 0.0106. The van der Waals surface area contributed by atoms with Gasteiger partial charge in [-0.05, 0) is 39.0 Å².